The number of benzene rings is 1. The molecule has 1 aromatic rings. The molecule has 74 valence electrons. The predicted octanol–water partition coefficient (Wildman–Crippen LogP) is 0.898. The minimum absolute atomic E-state index is 0.0312. The number of aromatic hydroxyl groups is 1. The van der Waals surface area contributed by atoms with Gasteiger partial charge in [0.2, 0.25) is 0 Å². The lowest BCUT2D eigenvalue weighted by molar-refractivity contribution is 0.257. The average molecular weight is 194 g/mol. The van der Waals surface area contributed by atoms with E-state index in [1.165, 1.54) is 19.4 Å². The van der Waals surface area contributed by atoms with Crippen LogP contribution in [0.4, 0.5) is 4.79 Å². The number of amides is 2. The van der Waals surface area contributed by atoms with Crippen LogP contribution in [-0.2, 0) is 0 Å². The molecule has 0 saturated carbocycles. The predicted molar refractivity (Wildman–Crippen MR) is 51.8 cm³/mol. The fourth-order valence-corrected chi connectivity index (χ4v) is 0.913. The van der Waals surface area contributed by atoms with E-state index in [9.17, 15) is 9.90 Å². The number of nitrogens with zero attached hydrogens (tertiary/aromatic N) is 1. The topological polar surface area (TPSA) is 84.9 Å². The van der Waals surface area contributed by atoms with Crippen molar-refractivity contribution in [2.75, 3.05) is 7.11 Å². The van der Waals surface area contributed by atoms with Gasteiger partial charge in [-0.05, 0) is 23.8 Å². The van der Waals surface area contributed by atoms with Gasteiger partial charge in [0.1, 0.15) is 0 Å². The molecule has 3 N–H and O–H groups in total. The van der Waals surface area contributed by atoms with E-state index in [1.54, 1.807) is 12.1 Å². The largest absolute Gasteiger partial charge is 0.504 e. The number of aliphatic imine (C=N–C) groups is 1. The van der Waals surface area contributed by atoms with Crippen LogP contribution in [0.2, 0.25) is 0 Å². The second-order valence-corrected chi connectivity index (χ2v) is 2.53. The van der Waals surface area contributed by atoms with Crippen LogP contribution in [0.5, 0.6) is 11.5 Å². The zero-order chi connectivity index (χ0) is 10.6. The summed E-state index contributed by atoms with van der Waals surface area (Å²) in [4.78, 5) is 13.7. The number of urea groups is 1. The molecule has 2 amide bonds. The Bertz CT molecular complexity index is 374. The first kappa shape index (κ1) is 10.0. The highest BCUT2D eigenvalue weighted by molar-refractivity contribution is 5.90. The Hall–Kier alpha value is -2.04. The average Bonchev–Trinajstić information content (AvgIpc) is 2.16. The molecule has 0 heterocycles. The molecule has 1 rings (SSSR count). The number of carbonyl (C=O) groups is 1. The maximum atomic E-state index is 10.3. The van der Waals surface area contributed by atoms with Gasteiger partial charge in [-0.3, -0.25) is 0 Å². The number of primary amides is 1. The first-order valence-corrected chi connectivity index (χ1v) is 3.84. The van der Waals surface area contributed by atoms with Gasteiger partial charge in [0.25, 0.3) is 0 Å². The Kier molecular flexibility index (Phi) is 3.06. The van der Waals surface area contributed by atoms with Gasteiger partial charge in [0, 0.05) is 6.21 Å². The Morgan fingerprint density at radius 1 is 1.64 bits per heavy atom. The van der Waals surface area contributed by atoms with Crippen molar-refractivity contribution in [1.82, 2.24) is 0 Å². The highest BCUT2D eigenvalue weighted by Gasteiger charge is 2.00. The third kappa shape index (κ3) is 2.48. The molecule has 0 atom stereocenters. The fourth-order valence-electron chi connectivity index (χ4n) is 0.913. The van der Waals surface area contributed by atoms with E-state index in [2.05, 4.69) is 4.99 Å². The zero-order valence-corrected chi connectivity index (χ0v) is 7.60. The summed E-state index contributed by atoms with van der Waals surface area (Å²) < 4.78 is 4.86. The van der Waals surface area contributed by atoms with E-state index in [1.807, 2.05) is 0 Å². The van der Waals surface area contributed by atoms with Crippen LogP contribution in [0.3, 0.4) is 0 Å². The van der Waals surface area contributed by atoms with Gasteiger partial charge in [-0.2, -0.15) is 0 Å². The van der Waals surface area contributed by atoms with E-state index in [0.29, 0.717) is 11.3 Å². The molecule has 0 aromatic heterocycles. The second kappa shape index (κ2) is 4.27. The molecule has 14 heavy (non-hydrogen) atoms. The molecule has 0 unspecified atom stereocenters. The van der Waals surface area contributed by atoms with Crippen LogP contribution in [0.25, 0.3) is 0 Å². The minimum atomic E-state index is -0.767. The van der Waals surface area contributed by atoms with Crippen molar-refractivity contribution in [1.29, 1.82) is 0 Å². The van der Waals surface area contributed by atoms with Crippen LogP contribution in [0.1, 0.15) is 5.56 Å². The van der Waals surface area contributed by atoms with Crippen molar-refractivity contribution in [3.63, 3.8) is 0 Å². The van der Waals surface area contributed by atoms with Gasteiger partial charge in [-0.1, -0.05) is 0 Å². The standard InChI is InChI=1S/C9H10N2O3/c1-14-8-4-6(2-3-7(8)12)5-11-9(10)13/h2-5,12H,1H3,(H2,10,13). The summed E-state index contributed by atoms with van der Waals surface area (Å²) >= 11 is 0. The monoisotopic (exact) mass is 194 g/mol. The van der Waals surface area contributed by atoms with E-state index >= 15 is 0 Å². The Labute approximate surface area is 80.8 Å². The van der Waals surface area contributed by atoms with Crippen molar-refractivity contribution in [3.8, 4) is 11.5 Å². The van der Waals surface area contributed by atoms with Gasteiger partial charge in [0.15, 0.2) is 11.5 Å². The maximum Gasteiger partial charge on any atom is 0.338 e. The highest BCUT2D eigenvalue weighted by atomic mass is 16.5. The molecule has 1 aromatic carbocycles. The molecule has 0 fully saturated rings. The minimum Gasteiger partial charge on any atom is -0.504 e. The Morgan fingerprint density at radius 2 is 2.36 bits per heavy atom. The van der Waals surface area contributed by atoms with Gasteiger partial charge >= 0.3 is 6.03 Å². The Morgan fingerprint density at radius 3 is 2.93 bits per heavy atom. The van der Waals surface area contributed by atoms with E-state index in [0.717, 1.165) is 0 Å². The zero-order valence-electron chi connectivity index (χ0n) is 7.60. The normalized spacial score (nSPS) is 10.4. The molecule has 5 heteroatoms. The number of hydrogen-bond acceptors (Lipinski definition) is 3. The van der Waals surface area contributed by atoms with Crippen molar-refractivity contribution >= 4 is 12.2 Å². The van der Waals surface area contributed by atoms with Gasteiger partial charge in [-0.15, -0.1) is 0 Å². The third-order valence-corrected chi connectivity index (χ3v) is 1.54. The smallest absolute Gasteiger partial charge is 0.338 e. The molecule has 0 aliphatic carbocycles. The number of carbonyl (C=O) groups excluding carboxylic acids is 1. The SMILES string of the molecule is COc1cc(C=NC(N)=O)ccc1O. The summed E-state index contributed by atoms with van der Waals surface area (Å²) in [7, 11) is 1.43. The summed E-state index contributed by atoms with van der Waals surface area (Å²) in [5.74, 6) is 0.349. The first-order valence-electron chi connectivity index (χ1n) is 3.84. The van der Waals surface area contributed by atoms with Crippen molar-refractivity contribution < 1.29 is 14.6 Å². The lowest BCUT2D eigenvalue weighted by Crippen LogP contribution is -2.04. The van der Waals surface area contributed by atoms with Gasteiger partial charge in [0.05, 0.1) is 7.11 Å². The molecule has 0 aliphatic heterocycles. The molecule has 0 aliphatic rings. The van der Waals surface area contributed by atoms with Crippen LogP contribution < -0.4 is 10.5 Å². The molecule has 0 bridgehead atoms. The summed E-state index contributed by atoms with van der Waals surface area (Å²) in [5.41, 5.74) is 5.45. The number of hydrogen-bond donors (Lipinski definition) is 2. The van der Waals surface area contributed by atoms with E-state index in [-0.39, 0.29) is 5.75 Å². The number of phenols is 1. The summed E-state index contributed by atoms with van der Waals surface area (Å²) in [6, 6.07) is 3.81. The van der Waals surface area contributed by atoms with Crippen molar-refractivity contribution in [2.45, 2.75) is 0 Å². The van der Waals surface area contributed by atoms with E-state index < -0.39 is 6.03 Å². The molecule has 0 radical (unpaired) electrons. The lowest BCUT2D eigenvalue weighted by Gasteiger charge is -2.02. The van der Waals surface area contributed by atoms with Gasteiger partial charge < -0.3 is 15.6 Å². The molecular formula is C9H10N2O3. The van der Waals surface area contributed by atoms with Crippen molar-refractivity contribution in [3.05, 3.63) is 23.8 Å². The molecular weight excluding hydrogens is 184 g/mol. The van der Waals surface area contributed by atoms with Crippen LogP contribution in [0.15, 0.2) is 23.2 Å². The van der Waals surface area contributed by atoms with Crippen LogP contribution in [0, 0.1) is 0 Å². The second-order valence-electron chi connectivity index (χ2n) is 2.53. The number of methoxy groups -OCH3 is 1. The molecule has 5 nitrogen and oxygen atoms in total. The lowest BCUT2D eigenvalue weighted by atomic mass is 10.2. The molecule has 0 saturated heterocycles. The van der Waals surface area contributed by atoms with Crippen LogP contribution in [-0.4, -0.2) is 24.5 Å². The Balaban J connectivity index is 2.95. The van der Waals surface area contributed by atoms with Crippen LogP contribution >= 0.6 is 0 Å². The number of rotatable bonds is 2. The maximum absolute atomic E-state index is 10.3. The summed E-state index contributed by atoms with van der Waals surface area (Å²) in [6.45, 7) is 0. The first-order chi connectivity index (χ1) is 6.63. The quantitative estimate of drug-likeness (QED) is 0.686. The summed E-state index contributed by atoms with van der Waals surface area (Å²) in [5, 5.41) is 9.25. The summed E-state index contributed by atoms with van der Waals surface area (Å²) in [6.07, 6.45) is 1.30. The molecule has 0 spiro atoms. The highest BCUT2D eigenvalue weighted by Crippen LogP contribution is 2.25. The number of phenolic OH excluding ortho intramolecular Hbond substituents is 1. The number of ether oxygens (including phenoxy) is 1. The van der Waals surface area contributed by atoms with Crippen molar-refractivity contribution in [2.24, 2.45) is 10.7 Å². The van der Waals surface area contributed by atoms with Gasteiger partial charge in [-0.25, -0.2) is 9.79 Å². The number of nitrogens with two attached hydrogens (primary N) is 1. The fraction of sp³-hybridized carbons (Fsp3) is 0.111. The third-order valence-electron chi connectivity index (χ3n) is 1.54. The van der Waals surface area contributed by atoms with E-state index in [4.69, 9.17) is 10.5 Å².